The van der Waals surface area contributed by atoms with E-state index in [-0.39, 0.29) is 17.8 Å². The normalized spacial score (nSPS) is 16.4. The molecule has 0 bridgehead atoms. The predicted octanol–water partition coefficient (Wildman–Crippen LogP) is 2.50. The average molecular weight is 237 g/mol. The van der Waals surface area contributed by atoms with E-state index in [0.717, 1.165) is 12.8 Å². The number of rotatable bonds is 4. The lowest BCUT2D eigenvalue weighted by Gasteiger charge is -2.17. The quantitative estimate of drug-likeness (QED) is 0.818. The Kier molecular flexibility index (Phi) is 3.31. The van der Waals surface area contributed by atoms with Crippen LogP contribution in [-0.4, -0.2) is 19.1 Å². The van der Waals surface area contributed by atoms with E-state index < -0.39 is 0 Å². The first-order chi connectivity index (χ1) is 8.11. The van der Waals surface area contributed by atoms with Crippen LogP contribution in [0, 0.1) is 18.7 Å². The number of ether oxygens (including phenoxy) is 1. The van der Waals surface area contributed by atoms with Gasteiger partial charge in [-0.3, -0.25) is 0 Å². The first kappa shape index (κ1) is 11.9. The van der Waals surface area contributed by atoms with Crippen LogP contribution in [0.2, 0.25) is 0 Å². The highest BCUT2D eigenvalue weighted by molar-refractivity contribution is 5.80. The van der Waals surface area contributed by atoms with E-state index >= 15 is 0 Å². The maximum Gasteiger partial charge on any atom is 0.328 e. The van der Waals surface area contributed by atoms with Crippen molar-refractivity contribution in [2.24, 2.45) is 5.92 Å². The van der Waals surface area contributed by atoms with Crippen LogP contribution in [-0.2, 0) is 9.53 Å². The van der Waals surface area contributed by atoms with Crippen LogP contribution in [0.1, 0.15) is 18.4 Å². The van der Waals surface area contributed by atoms with E-state index in [1.807, 2.05) is 0 Å². The number of nitrogens with one attached hydrogen (secondary N) is 1. The lowest BCUT2D eigenvalue weighted by atomic mass is 10.1. The molecule has 0 amide bonds. The van der Waals surface area contributed by atoms with Crippen LogP contribution in [0.4, 0.5) is 10.1 Å². The SMILES string of the molecule is COC(=O)C(Nc1ccc(C)c(F)c1)C1CC1. The number of anilines is 1. The van der Waals surface area contributed by atoms with E-state index in [9.17, 15) is 9.18 Å². The minimum Gasteiger partial charge on any atom is -0.467 e. The second kappa shape index (κ2) is 4.73. The molecule has 1 N–H and O–H groups in total. The highest BCUT2D eigenvalue weighted by Gasteiger charge is 2.36. The Labute approximate surface area is 100.0 Å². The lowest BCUT2D eigenvalue weighted by Crippen LogP contribution is -2.32. The Balaban J connectivity index is 2.11. The third-order valence-electron chi connectivity index (χ3n) is 3.04. The first-order valence-corrected chi connectivity index (χ1v) is 5.72. The van der Waals surface area contributed by atoms with E-state index in [2.05, 4.69) is 5.32 Å². The molecule has 1 aliphatic rings. The molecule has 3 nitrogen and oxygen atoms in total. The second-order valence-electron chi connectivity index (χ2n) is 4.45. The number of methoxy groups -OCH3 is 1. The number of benzene rings is 1. The first-order valence-electron chi connectivity index (χ1n) is 5.72. The second-order valence-corrected chi connectivity index (χ2v) is 4.45. The van der Waals surface area contributed by atoms with Gasteiger partial charge in [0, 0.05) is 5.69 Å². The number of esters is 1. The molecule has 0 saturated heterocycles. The van der Waals surface area contributed by atoms with E-state index in [1.54, 1.807) is 19.1 Å². The third kappa shape index (κ3) is 2.75. The summed E-state index contributed by atoms with van der Waals surface area (Å²) in [6, 6.07) is 4.52. The minimum atomic E-state index is -0.359. The molecule has 0 aliphatic heterocycles. The summed E-state index contributed by atoms with van der Waals surface area (Å²) in [5.41, 5.74) is 1.21. The Morgan fingerprint density at radius 2 is 2.24 bits per heavy atom. The van der Waals surface area contributed by atoms with Crippen LogP contribution >= 0.6 is 0 Å². The van der Waals surface area contributed by atoms with Gasteiger partial charge in [0.2, 0.25) is 0 Å². The summed E-state index contributed by atoms with van der Waals surface area (Å²) in [6.07, 6.45) is 2.03. The summed E-state index contributed by atoms with van der Waals surface area (Å²) in [4.78, 5) is 11.6. The molecule has 1 unspecified atom stereocenters. The molecule has 1 atom stereocenters. The fourth-order valence-corrected chi connectivity index (χ4v) is 1.79. The third-order valence-corrected chi connectivity index (χ3v) is 3.04. The number of halogens is 1. The summed E-state index contributed by atoms with van der Waals surface area (Å²) in [5.74, 6) is -0.241. The van der Waals surface area contributed by atoms with Crippen molar-refractivity contribution in [3.8, 4) is 0 Å². The Bertz CT molecular complexity index is 429. The number of hydrogen-bond donors (Lipinski definition) is 1. The molecule has 1 aliphatic carbocycles. The Morgan fingerprint density at radius 3 is 2.76 bits per heavy atom. The predicted molar refractivity (Wildman–Crippen MR) is 63.3 cm³/mol. The molecule has 0 spiro atoms. The number of hydrogen-bond acceptors (Lipinski definition) is 3. The minimum absolute atomic E-state index is 0.269. The van der Waals surface area contributed by atoms with E-state index in [1.165, 1.54) is 13.2 Å². The van der Waals surface area contributed by atoms with Gasteiger partial charge in [-0.2, -0.15) is 0 Å². The topological polar surface area (TPSA) is 38.3 Å². The van der Waals surface area contributed by atoms with Crippen LogP contribution in [0.5, 0.6) is 0 Å². The average Bonchev–Trinajstić information content (AvgIpc) is 3.13. The van der Waals surface area contributed by atoms with Crippen LogP contribution in [0.3, 0.4) is 0 Å². The molecule has 0 heterocycles. The lowest BCUT2D eigenvalue weighted by molar-refractivity contribution is -0.142. The zero-order valence-corrected chi connectivity index (χ0v) is 10.00. The van der Waals surface area contributed by atoms with Gasteiger partial charge in [-0.25, -0.2) is 9.18 Å². The number of carbonyl (C=O) groups is 1. The van der Waals surface area contributed by atoms with Gasteiger partial charge in [0.15, 0.2) is 0 Å². The smallest absolute Gasteiger partial charge is 0.328 e. The van der Waals surface area contributed by atoms with Crippen LogP contribution < -0.4 is 5.32 Å². The molecule has 0 radical (unpaired) electrons. The monoisotopic (exact) mass is 237 g/mol. The summed E-state index contributed by atoms with van der Waals surface area (Å²) < 4.78 is 18.1. The van der Waals surface area contributed by atoms with Gasteiger partial charge in [-0.05, 0) is 43.4 Å². The highest BCUT2D eigenvalue weighted by atomic mass is 19.1. The Hall–Kier alpha value is -1.58. The fourth-order valence-electron chi connectivity index (χ4n) is 1.79. The molecule has 1 fully saturated rings. The molecule has 1 saturated carbocycles. The highest BCUT2D eigenvalue weighted by Crippen LogP contribution is 2.35. The van der Waals surface area contributed by atoms with Gasteiger partial charge in [0.25, 0.3) is 0 Å². The maximum atomic E-state index is 13.4. The van der Waals surface area contributed by atoms with Crippen molar-refractivity contribution in [3.63, 3.8) is 0 Å². The van der Waals surface area contributed by atoms with Crippen molar-refractivity contribution < 1.29 is 13.9 Å². The number of carbonyl (C=O) groups excluding carboxylic acids is 1. The molecule has 4 heteroatoms. The molecule has 17 heavy (non-hydrogen) atoms. The van der Waals surface area contributed by atoms with Crippen molar-refractivity contribution in [1.82, 2.24) is 0 Å². The number of aryl methyl sites for hydroxylation is 1. The van der Waals surface area contributed by atoms with Gasteiger partial charge in [0.1, 0.15) is 11.9 Å². The van der Waals surface area contributed by atoms with E-state index in [4.69, 9.17) is 4.74 Å². The summed E-state index contributed by atoms with van der Waals surface area (Å²) >= 11 is 0. The fraction of sp³-hybridized carbons (Fsp3) is 0.462. The summed E-state index contributed by atoms with van der Waals surface area (Å²) in [5, 5.41) is 3.05. The van der Waals surface area contributed by atoms with Gasteiger partial charge in [-0.15, -0.1) is 0 Å². The molecule has 1 aromatic carbocycles. The van der Waals surface area contributed by atoms with Gasteiger partial charge in [-0.1, -0.05) is 6.07 Å². The van der Waals surface area contributed by atoms with Gasteiger partial charge >= 0.3 is 5.97 Å². The summed E-state index contributed by atoms with van der Waals surface area (Å²) in [7, 11) is 1.37. The van der Waals surface area contributed by atoms with Gasteiger partial charge < -0.3 is 10.1 Å². The largest absolute Gasteiger partial charge is 0.467 e. The zero-order valence-electron chi connectivity index (χ0n) is 10.00. The van der Waals surface area contributed by atoms with Crippen LogP contribution in [0.15, 0.2) is 18.2 Å². The van der Waals surface area contributed by atoms with Gasteiger partial charge in [0.05, 0.1) is 7.11 Å². The Morgan fingerprint density at radius 1 is 1.53 bits per heavy atom. The van der Waals surface area contributed by atoms with E-state index in [0.29, 0.717) is 17.2 Å². The van der Waals surface area contributed by atoms with Crippen molar-refractivity contribution in [3.05, 3.63) is 29.6 Å². The molecular weight excluding hydrogens is 221 g/mol. The van der Waals surface area contributed by atoms with Crippen molar-refractivity contribution >= 4 is 11.7 Å². The molecule has 1 aromatic rings. The molecule has 0 aromatic heterocycles. The zero-order chi connectivity index (χ0) is 12.4. The maximum absolute atomic E-state index is 13.4. The van der Waals surface area contributed by atoms with Crippen molar-refractivity contribution in [2.45, 2.75) is 25.8 Å². The standard InChI is InChI=1S/C13H16FNO2/c1-8-3-6-10(7-11(8)14)15-12(9-4-5-9)13(16)17-2/h3,6-7,9,12,15H,4-5H2,1-2H3. The molecule has 92 valence electrons. The van der Waals surface area contributed by atoms with Crippen LogP contribution in [0.25, 0.3) is 0 Å². The molecule has 2 rings (SSSR count). The van der Waals surface area contributed by atoms with Crippen molar-refractivity contribution in [2.75, 3.05) is 12.4 Å². The molecular formula is C13H16FNO2. The van der Waals surface area contributed by atoms with Crippen molar-refractivity contribution in [1.29, 1.82) is 0 Å². The summed E-state index contributed by atoms with van der Waals surface area (Å²) in [6.45, 7) is 1.71.